The number of carbonyl (C=O) groups is 2. The SMILES string of the molecule is COCCNC(=O)[C@@H]1CN(C(=O)C2CC(F)(F)C2)C[C@H]2OCC[C@H]21. The zero-order chi connectivity index (χ0) is 17.3. The van der Waals surface area contributed by atoms with Gasteiger partial charge in [-0.25, -0.2) is 8.78 Å². The van der Waals surface area contributed by atoms with Crippen molar-refractivity contribution in [3.63, 3.8) is 0 Å². The van der Waals surface area contributed by atoms with Crippen molar-refractivity contribution < 1.29 is 27.8 Å². The number of nitrogens with one attached hydrogen (secondary N) is 1. The number of methoxy groups -OCH3 is 1. The molecular weight excluding hydrogens is 322 g/mol. The van der Waals surface area contributed by atoms with E-state index in [4.69, 9.17) is 9.47 Å². The first-order chi connectivity index (χ1) is 11.4. The van der Waals surface area contributed by atoms with E-state index in [1.807, 2.05) is 0 Å². The Morgan fingerprint density at radius 1 is 1.33 bits per heavy atom. The fraction of sp³-hybridized carbons (Fsp3) is 0.875. The van der Waals surface area contributed by atoms with Crippen LogP contribution in [0.1, 0.15) is 19.3 Å². The van der Waals surface area contributed by atoms with Gasteiger partial charge in [0.05, 0.1) is 18.6 Å². The highest BCUT2D eigenvalue weighted by molar-refractivity contribution is 5.83. The molecular formula is C16H24F2N2O4. The van der Waals surface area contributed by atoms with E-state index in [0.29, 0.717) is 26.3 Å². The van der Waals surface area contributed by atoms with Gasteiger partial charge in [-0.05, 0) is 6.42 Å². The van der Waals surface area contributed by atoms with Gasteiger partial charge in [0.1, 0.15) is 0 Å². The van der Waals surface area contributed by atoms with Crippen LogP contribution < -0.4 is 5.32 Å². The van der Waals surface area contributed by atoms with Crippen LogP contribution in [-0.2, 0) is 19.1 Å². The predicted molar refractivity (Wildman–Crippen MR) is 80.5 cm³/mol. The maximum atomic E-state index is 13.0. The molecule has 0 aromatic heterocycles. The molecule has 136 valence electrons. The Labute approximate surface area is 139 Å². The van der Waals surface area contributed by atoms with Gasteiger partial charge >= 0.3 is 0 Å². The molecule has 6 nitrogen and oxygen atoms in total. The first-order valence-electron chi connectivity index (χ1n) is 8.46. The van der Waals surface area contributed by atoms with Crippen molar-refractivity contribution in [2.45, 2.75) is 31.3 Å². The number of halogens is 2. The molecule has 24 heavy (non-hydrogen) atoms. The number of amides is 2. The second-order valence-electron chi connectivity index (χ2n) is 6.96. The molecule has 1 saturated carbocycles. The van der Waals surface area contributed by atoms with Crippen LogP contribution in [0.4, 0.5) is 8.78 Å². The van der Waals surface area contributed by atoms with Gasteiger partial charge in [0.25, 0.3) is 0 Å². The molecule has 0 aromatic carbocycles. The second-order valence-corrected chi connectivity index (χ2v) is 6.96. The van der Waals surface area contributed by atoms with Gasteiger partial charge in [-0.3, -0.25) is 9.59 Å². The summed E-state index contributed by atoms with van der Waals surface area (Å²) < 4.78 is 36.7. The van der Waals surface area contributed by atoms with Crippen LogP contribution in [-0.4, -0.2) is 68.7 Å². The fourth-order valence-corrected chi connectivity index (χ4v) is 3.94. The second kappa shape index (κ2) is 6.92. The molecule has 8 heteroatoms. The van der Waals surface area contributed by atoms with Gasteiger partial charge in [0, 0.05) is 58.0 Å². The first kappa shape index (κ1) is 17.5. The van der Waals surface area contributed by atoms with E-state index < -0.39 is 11.8 Å². The number of carbonyl (C=O) groups excluding carboxylic acids is 2. The van der Waals surface area contributed by atoms with Crippen molar-refractivity contribution in [1.29, 1.82) is 0 Å². The lowest BCUT2D eigenvalue weighted by atomic mass is 9.78. The summed E-state index contributed by atoms with van der Waals surface area (Å²) >= 11 is 0. The van der Waals surface area contributed by atoms with Crippen LogP contribution in [0.5, 0.6) is 0 Å². The van der Waals surface area contributed by atoms with Gasteiger partial charge in [-0.15, -0.1) is 0 Å². The average Bonchev–Trinajstić information content (AvgIpc) is 2.99. The number of alkyl halides is 2. The van der Waals surface area contributed by atoms with Crippen LogP contribution >= 0.6 is 0 Å². The lowest BCUT2D eigenvalue weighted by Crippen LogP contribution is -2.57. The van der Waals surface area contributed by atoms with Gasteiger partial charge in [-0.2, -0.15) is 0 Å². The number of fused-ring (bicyclic) bond motifs is 1. The molecule has 3 aliphatic rings. The minimum atomic E-state index is -2.72. The number of hydrogen-bond acceptors (Lipinski definition) is 4. The van der Waals surface area contributed by atoms with Crippen molar-refractivity contribution in [2.24, 2.45) is 17.8 Å². The Bertz CT molecular complexity index is 494. The average molecular weight is 346 g/mol. The lowest BCUT2D eigenvalue weighted by molar-refractivity contribution is -0.165. The van der Waals surface area contributed by atoms with Gasteiger partial charge < -0.3 is 19.7 Å². The largest absolute Gasteiger partial charge is 0.383 e. The zero-order valence-corrected chi connectivity index (χ0v) is 13.8. The van der Waals surface area contributed by atoms with Crippen molar-refractivity contribution in [3.8, 4) is 0 Å². The maximum absolute atomic E-state index is 13.0. The summed E-state index contributed by atoms with van der Waals surface area (Å²) in [4.78, 5) is 26.5. The zero-order valence-electron chi connectivity index (χ0n) is 13.8. The number of hydrogen-bond donors (Lipinski definition) is 1. The predicted octanol–water partition coefficient (Wildman–Crippen LogP) is 0.658. The van der Waals surface area contributed by atoms with Crippen LogP contribution in [0, 0.1) is 17.8 Å². The third kappa shape index (κ3) is 3.54. The maximum Gasteiger partial charge on any atom is 0.249 e. The van der Waals surface area contributed by atoms with Crippen LogP contribution in [0.3, 0.4) is 0 Å². The summed E-state index contributed by atoms with van der Waals surface area (Å²) in [5.41, 5.74) is 0. The van der Waals surface area contributed by atoms with Crippen LogP contribution in [0.2, 0.25) is 0 Å². The Morgan fingerprint density at radius 3 is 2.75 bits per heavy atom. The summed E-state index contributed by atoms with van der Waals surface area (Å²) in [6, 6.07) is 0. The van der Waals surface area contributed by atoms with E-state index in [9.17, 15) is 18.4 Å². The monoisotopic (exact) mass is 346 g/mol. The molecule has 0 aromatic rings. The summed E-state index contributed by atoms with van der Waals surface area (Å²) in [5, 5.41) is 2.82. The topological polar surface area (TPSA) is 67.9 Å². The third-order valence-electron chi connectivity index (χ3n) is 5.29. The Hall–Kier alpha value is -1.28. The van der Waals surface area contributed by atoms with E-state index >= 15 is 0 Å². The molecule has 0 unspecified atom stereocenters. The molecule has 2 amide bonds. The highest BCUT2D eigenvalue weighted by Gasteiger charge is 2.52. The summed E-state index contributed by atoms with van der Waals surface area (Å²) in [7, 11) is 1.56. The molecule has 3 atom stereocenters. The highest BCUT2D eigenvalue weighted by atomic mass is 19.3. The Kier molecular flexibility index (Phi) is 5.05. The molecule has 3 rings (SSSR count). The Balaban J connectivity index is 1.63. The van der Waals surface area contributed by atoms with Gasteiger partial charge in [0.2, 0.25) is 17.7 Å². The standard InChI is InChI=1S/C16H24F2N2O4/c1-23-5-3-19-14(21)12-8-20(9-13-11(12)2-4-24-13)15(22)10-6-16(17,18)7-10/h10-13H,2-9H2,1H3,(H,19,21)/t11-,12+,13+/m0/s1. The van der Waals surface area contributed by atoms with E-state index in [0.717, 1.165) is 6.42 Å². The number of rotatable bonds is 5. The highest BCUT2D eigenvalue weighted by Crippen LogP contribution is 2.44. The van der Waals surface area contributed by atoms with Crippen molar-refractivity contribution >= 4 is 11.8 Å². The molecule has 0 spiro atoms. The minimum Gasteiger partial charge on any atom is -0.383 e. The first-order valence-corrected chi connectivity index (χ1v) is 8.46. The van der Waals surface area contributed by atoms with Crippen molar-refractivity contribution in [2.75, 3.05) is 40.0 Å². The molecule has 1 aliphatic carbocycles. The summed E-state index contributed by atoms with van der Waals surface area (Å²) in [5.74, 6) is -4.02. The minimum absolute atomic E-state index is 0.0828. The number of likely N-dealkylation sites (tertiary alicyclic amines) is 1. The smallest absolute Gasteiger partial charge is 0.249 e. The molecule has 0 bridgehead atoms. The van der Waals surface area contributed by atoms with Gasteiger partial charge in [0.15, 0.2) is 0 Å². The number of nitrogens with zero attached hydrogens (tertiary/aromatic N) is 1. The van der Waals surface area contributed by atoms with E-state index in [-0.39, 0.29) is 49.1 Å². The number of ether oxygens (including phenoxy) is 2. The molecule has 2 heterocycles. The van der Waals surface area contributed by atoms with E-state index in [2.05, 4.69) is 5.32 Å². The van der Waals surface area contributed by atoms with Crippen molar-refractivity contribution in [1.82, 2.24) is 10.2 Å². The van der Waals surface area contributed by atoms with Crippen LogP contribution in [0.25, 0.3) is 0 Å². The van der Waals surface area contributed by atoms with Crippen molar-refractivity contribution in [3.05, 3.63) is 0 Å². The molecule has 3 fully saturated rings. The lowest BCUT2D eigenvalue weighted by Gasteiger charge is -2.43. The van der Waals surface area contributed by atoms with E-state index in [1.165, 1.54) is 0 Å². The Morgan fingerprint density at radius 2 is 2.08 bits per heavy atom. The quantitative estimate of drug-likeness (QED) is 0.743. The normalized spacial score (nSPS) is 32.1. The summed E-state index contributed by atoms with van der Waals surface area (Å²) in [6.45, 7) is 2.08. The van der Waals surface area contributed by atoms with Crippen LogP contribution in [0.15, 0.2) is 0 Å². The molecule has 0 radical (unpaired) electrons. The third-order valence-corrected chi connectivity index (χ3v) is 5.29. The molecule has 2 aliphatic heterocycles. The summed E-state index contributed by atoms with van der Waals surface area (Å²) in [6.07, 6.45) is -0.165. The van der Waals surface area contributed by atoms with E-state index in [1.54, 1.807) is 12.0 Å². The fourth-order valence-electron chi connectivity index (χ4n) is 3.94. The number of piperidine rings is 1. The van der Waals surface area contributed by atoms with Gasteiger partial charge in [-0.1, -0.05) is 0 Å². The molecule has 2 saturated heterocycles. The molecule has 1 N–H and O–H groups in total.